The van der Waals surface area contributed by atoms with Gasteiger partial charge in [-0.3, -0.25) is 4.90 Å². The quantitative estimate of drug-likeness (QED) is 0.663. The fourth-order valence-electron chi connectivity index (χ4n) is 6.58. The summed E-state index contributed by atoms with van der Waals surface area (Å²) in [5, 5.41) is 2.48. The number of amides is 2. The number of piperidine rings is 1. The van der Waals surface area contributed by atoms with E-state index in [-0.39, 0.29) is 51.4 Å². The molecule has 2 aliphatic heterocycles. The average molecular weight is 471 g/mol. The van der Waals surface area contributed by atoms with E-state index in [4.69, 9.17) is 0 Å². The number of benzene rings is 1. The maximum atomic E-state index is 13.1. The van der Waals surface area contributed by atoms with Gasteiger partial charge in [-0.15, -0.1) is 0 Å². The number of carbonyl (C=O) groups excluding carboxylic acids is 1. The van der Waals surface area contributed by atoms with Crippen molar-refractivity contribution in [3.63, 3.8) is 0 Å². The number of rotatable bonds is 4. The molecular weight excluding hydrogens is 437 g/mol. The van der Waals surface area contributed by atoms with Crippen LogP contribution in [-0.2, 0) is 35.7 Å². The first-order valence-electron chi connectivity index (χ1n) is 11.6. The third-order valence-electron chi connectivity index (χ3n) is 7.73. The third-order valence-corrected chi connectivity index (χ3v) is 9.46. The summed E-state index contributed by atoms with van der Waals surface area (Å²) in [7, 11) is -3.69. The average Bonchev–Trinajstić information content (AvgIpc) is 3.38. The number of urea groups is 1. The zero-order valence-electron chi connectivity index (χ0n) is 19.0. The van der Waals surface area contributed by atoms with E-state index in [1.807, 2.05) is 0 Å². The van der Waals surface area contributed by atoms with Gasteiger partial charge in [0, 0.05) is 75.2 Å². The minimum Gasteiger partial charge on any atom is -0.307 e. The minimum atomic E-state index is -3.69. The number of aryl methyl sites for hydroxylation is 2. The van der Waals surface area contributed by atoms with Crippen LogP contribution >= 0.6 is 0 Å². The second-order valence-corrected chi connectivity index (χ2v) is 11.8. The molecule has 2 bridgehead atoms. The number of nitrogens with one attached hydrogen (secondary N) is 2. The molecule has 1 aromatic rings. The number of hydrogen-bond acceptors (Lipinski definition) is 4. The molecule has 0 spiro atoms. The fourth-order valence-corrected chi connectivity index (χ4v) is 8.01. The molecular formula is C23H33KN3O3S. The van der Waals surface area contributed by atoms with Crippen LogP contribution in [0.2, 0.25) is 0 Å². The first-order chi connectivity index (χ1) is 14.3. The van der Waals surface area contributed by atoms with Gasteiger partial charge < -0.3 is 5.32 Å². The molecule has 2 N–H and O–H groups in total. The molecule has 2 aliphatic carbocycles. The summed E-state index contributed by atoms with van der Waals surface area (Å²) < 4.78 is 28.5. The Morgan fingerprint density at radius 2 is 1.55 bits per heavy atom. The van der Waals surface area contributed by atoms with E-state index in [1.54, 1.807) is 0 Å². The van der Waals surface area contributed by atoms with Crippen molar-refractivity contribution in [2.75, 3.05) is 5.32 Å². The summed E-state index contributed by atoms with van der Waals surface area (Å²) in [6.07, 6.45) is 9.58. The van der Waals surface area contributed by atoms with Gasteiger partial charge in [-0.05, 0) is 100 Å². The monoisotopic (exact) mass is 470 g/mol. The van der Waals surface area contributed by atoms with Crippen LogP contribution in [0.4, 0.5) is 10.5 Å². The Bertz CT molecular complexity index is 933. The summed E-state index contributed by atoms with van der Waals surface area (Å²) in [5.74, 6) is 0. The van der Waals surface area contributed by atoms with E-state index in [0.29, 0.717) is 31.0 Å². The van der Waals surface area contributed by atoms with Gasteiger partial charge in [0.25, 0.3) is 0 Å². The molecule has 5 rings (SSSR count). The van der Waals surface area contributed by atoms with Crippen molar-refractivity contribution in [2.24, 2.45) is 0 Å². The van der Waals surface area contributed by atoms with Gasteiger partial charge in [0.2, 0.25) is 10.0 Å². The Hall–Kier alpha value is 0.0364. The molecule has 2 amide bonds. The molecule has 31 heavy (non-hydrogen) atoms. The molecule has 2 fully saturated rings. The Labute approximate surface area is 228 Å². The molecule has 1 unspecified atom stereocenters. The van der Waals surface area contributed by atoms with Gasteiger partial charge in [0.1, 0.15) is 0 Å². The molecule has 4 aliphatic rings. The molecule has 165 valence electrons. The minimum absolute atomic E-state index is 0. The fraction of sp³-hybridized carbons (Fsp3) is 0.696. The van der Waals surface area contributed by atoms with Crippen LogP contribution in [0.15, 0.2) is 6.07 Å². The van der Waals surface area contributed by atoms with Gasteiger partial charge >= 0.3 is 6.03 Å². The maximum absolute atomic E-state index is 13.1. The number of sulfonamides is 1. The number of carbonyl (C=O) groups is 1. The number of fused-ring (bicyclic) bond motifs is 4. The SMILES string of the molecule is CC(C)N1[C@@H]2CC[C@H]1CC(S(=O)(=O)NC(=O)Nc1c3c(cc4c1CCC4)CCC3)C2.[K]. The summed E-state index contributed by atoms with van der Waals surface area (Å²) in [6, 6.07) is 2.78. The summed E-state index contributed by atoms with van der Waals surface area (Å²) in [4.78, 5) is 15.3. The molecule has 0 aromatic heterocycles. The van der Waals surface area contributed by atoms with Crippen LogP contribution in [0.1, 0.15) is 74.6 Å². The summed E-state index contributed by atoms with van der Waals surface area (Å²) in [5.41, 5.74) is 5.97. The Kier molecular flexibility index (Phi) is 7.29. The zero-order chi connectivity index (χ0) is 21.0. The molecule has 3 atom stereocenters. The van der Waals surface area contributed by atoms with Crippen molar-refractivity contribution >= 4 is 73.1 Å². The predicted octanol–water partition coefficient (Wildman–Crippen LogP) is 3.14. The summed E-state index contributed by atoms with van der Waals surface area (Å²) in [6.45, 7) is 4.37. The first-order valence-corrected chi connectivity index (χ1v) is 13.1. The van der Waals surface area contributed by atoms with E-state index in [9.17, 15) is 13.2 Å². The Balaban J connectivity index is 0.00000231. The standard InChI is InChI=1S/C23H33N3O3S.K/c1-14(2)26-17-9-10-18(26)13-19(12-17)30(28,29)25-23(27)24-22-20-7-3-5-15(20)11-16-6-4-8-21(16)22;/h11,14,17-19H,3-10,12-13H2,1-2H3,(H2,24,25,27);/t17-,18+,19?;. The Morgan fingerprint density at radius 1 is 1.00 bits per heavy atom. The van der Waals surface area contributed by atoms with E-state index in [0.717, 1.165) is 57.1 Å². The van der Waals surface area contributed by atoms with Crippen LogP contribution in [0.5, 0.6) is 0 Å². The number of anilines is 1. The Morgan fingerprint density at radius 3 is 2.06 bits per heavy atom. The van der Waals surface area contributed by atoms with Gasteiger partial charge in [-0.1, -0.05) is 6.07 Å². The molecule has 2 saturated heterocycles. The van der Waals surface area contributed by atoms with E-state index >= 15 is 0 Å². The van der Waals surface area contributed by atoms with Crippen molar-refractivity contribution in [1.29, 1.82) is 0 Å². The van der Waals surface area contributed by atoms with Crippen molar-refractivity contribution in [3.8, 4) is 0 Å². The van der Waals surface area contributed by atoms with Crippen molar-refractivity contribution in [3.05, 3.63) is 28.3 Å². The molecule has 1 radical (unpaired) electrons. The number of nitrogens with zero attached hydrogens (tertiary/aromatic N) is 1. The van der Waals surface area contributed by atoms with Crippen LogP contribution in [0.3, 0.4) is 0 Å². The molecule has 1 aromatic carbocycles. The summed E-state index contributed by atoms with van der Waals surface area (Å²) >= 11 is 0. The largest absolute Gasteiger partial charge is 0.332 e. The van der Waals surface area contributed by atoms with Crippen molar-refractivity contribution in [1.82, 2.24) is 9.62 Å². The van der Waals surface area contributed by atoms with E-state index < -0.39 is 21.3 Å². The van der Waals surface area contributed by atoms with Crippen LogP contribution < -0.4 is 10.0 Å². The van der Waals surface area contributed by atoms with Crippen LogP contribution in [0, 0.1) is 0 Å². The van der Waals surface area contributed by atoms with Crippen LogP contribution in [0.25, 0.3) is 0 Å². The zero-order valence-corrected chi connectivity index (χ0v) is 23.0. The number of hydrogen-bond donors (Lipinski definition) is 2. The normalized spacial score (nSPS) is 27.0. The maximum Gasteiger partial charge on any atom is 0.332 e. The van der Waals surface area contributed by atoms with Gasteiger partial charge in [0.15, 0.2) is 0 Å². The molecule has 8 heteroatoms. The smallest absolute Gasteiger partial charge is 0.307 e. The van der Waals surface area contributed by atoms with E-state index in [1.165, 1.54) is 22.3 Å². The molecule has 2 heterocycles. The van der Waals surface area contributed by atoms with Crippen molar-refractivity contribution < 1.29 is 13.2 Å². The van der Waals surface area contributed by atoms with E-state index in [2.05, 4.69) is 34.9 Å². The first kappa shape index (κ1) is 24.2. The second kappa shape index (κ2) is 9.35. The van der Waals surface area contributed by atoms with Gasteiger partial charge in [0.05, 0.1) is 5.25 Å². The second-order valence-electron chi connectivity index (χ2n) is 9.85. The molecule has 6 nitrogen and oxygen atoms in total. The topological polar surface area (TPSA) is 78.5 Å². The van der Waals surface area contributed by atoms with Crippen molar-refractivity contribution in [2.45, 2.75) is 101 Å². The van der Waals surface area contributed by atoms with Crippen LogP contribution in [-0.4, -0.2) is 94.1 Å². The third kappa shape index (κ3) is 4.55. The van der Waals surface area contributed by atoms with Gasteiger partial charge in [-0.2, -0.15) is 0 Å². The molecule has 0 saturated carbocycles. The van der Waals surface area contributed by atoms with Gasteiger partial charge in [-0.25, -0.2) is 17.9 Å². The predicted molar refractivity (Wildman–Crippen MR) is 124 cm³/mol.